The van der Waals surface area contributed by atoms with Crippen LogP contribution in [0.25, 0.3) is 11.2 Å². The Kier molecular flexibility index (Phi) is 6.12. The molecule has 34 heavy (non-hydrogen) atoms. The predicted octanol–water partition coefficient (Wildman–Crippen LogP) is 2.21. The summed E-state index contributed by atoms with van der Waals surface area (Å²) in [4.78, 5) is 27.8. The Morgan fingerprint density at radius 3 is 2.47 bits per heavy atom. The molecule has 0 saturated carbocycles. The van der Waals surface area contributed by atoms with Gasteiger partial charge in [0.2, 0.25) is 10.0 Å². The van der Waals surface area contributed by atoms with Crippen LogP contribution in [-0.2, 0) is 21.4 Å². The minimum absolute atomic E-state index is 0.0712. The third kappa shape index (κ3) is 4.50. The fourth-order valence-corrected chi connectivity index (χ4v) is 5.66. The van der Waals surface area contributed by atoms with Gasteiger partial charge in [0.15, 0.2) is 5.65 Å². The van der Waals surface area contributed by atoms with Crippen LogP contribution in [-0.4, -0.2) is 57.4 Å². The third-order valence-corrected chi connectivity index (χ3v) is 7.43. The SMILES string of the molecule is O=C(O)Cn1c(=O)n(C2CCN(S(=O)(=O)c3ccccc3OC(F)(F)F)CC2)c2ncccc21. The van der Waals surface area contributed by atoms with Crippen LogP contribution in [0.4, 0.5) is 13.2 Å². The number of aliphatic carboxylic acids is 1. The van der Waals surface area contributed by atoms with Gasteiger partial charge in [-0.25, -0.2) is 18.2 Å². The Labute approximate surface area is 190 Å². The van der Waals surface area contributed by atoms with Crippen molar-refractivity contribution in [3.05, 3.63) is 53.1 Å². The number of aromatic nitrogens is 3. The first-order valence-corrected chi connectivity index (χ1v) is 11.6. The number of carboxylic acid groups (broad SMARTS) is 1. The van der Waals surface area contributed by atoms with Crippen molar-refractivity contribution in [2.24, 2.45) is 0 Å². The number of nitrogens with zero attached hydrogens (tertiary/aromatic N) is 4. The predicted molar refractivity (Wildman–Crippen MR) is 112 cm³/mol. The lowest BCUT2D eigenvalue weighted by Crippen LogP contribution is -2.41. The molecule has 1 aromatic carbocycles. The zero-order chi connectivity index (χ0) is 24.7. The fourth-order valence-electron chi connectivity index (χ4n) is 4.08. The second kappa shape index (κ2) is 8.76. The van der Waals surface area contributed by atoms with Crippen molar-refractivity contribution in [1.29, 1.82) is 0 Å². The Balaban J connectivity index is 1.61. The van der Waals surface area contributed by atoms with Crippen LogP contribution in [0.1, 0.15) is 18.9 Å². The number of alkyl halides is 3. The average molecular weight is 500 g/mol. The molecule has 3 aromatic rings. The number of benzene rings is 1. The van der Waals surface area contributed by atoms with Crippen molar-refractivity contribution in [2.75, 3.05) is 13.1 Å². The number of pyridine rings is 1. The fraction of sp³-hybridized carbons (Fsp3) is 0.350. The van der Waals surface area contributed by atoms with Gasteiger partial charge in [0, 0.05) is 25.3 Å². The number of piperidine rings is 1. The summed E-state index contributed by atoms with van der Waals surface area (Å²) in [6.45, 7) is -0.701. The van der Waals surface area contributed by atoms with Crippen molar-refractivity contribution < 1.29 is 36.2 Å². The van der Waals surface area contributed by atoms with Gasteiger partial charge < -0.3 is 9.84 Å². The highest BCUT2D eigenvalue weighted by Gasteiger charge is 2.37. The molecule has 2 aromatic heterocycles. The molecule has 1 N–H and O–H groups in total. The summed E-state index contributed by atoms with van der Waals surface area (Å²) in [7, 11) is -4.31. The van der Waals surface area contributed by atoms with Crippen LogP contribution in [0.3, 0.4) is 0 Å². The number of para-hydroxylation sites is 1. The van der Waals surface area contributed by atoms with E-state index in [0.717, 1.165) is 21.0 Å². The summed E-state index contributed by atoms with van der Waals surface area (Å²) in [5.41, 5.74) is 0.0310. The first kappa shape index (κ1) is 23.8. The lowest BCUT2D eigenvalue weighted by atomic mass is 10.1. The third-order valence-electron chi connectivity index (χ3n) is 5.50. The molecule has 0 spiro atoms. The molecule has 182 valence electrons. The van der Waals surface area contributed by atoms with Crippen LogP contribution in [0.2, 0.25) is 0 Å². The number of carboxylic acids is 1. The van der Waals surface area contributed by atoms with E-state index in [1.165, 1.54) is 22.9 Å². The summed E-state index contributed by atoms with van der Waals surface area (Å²) in [5, 5.41) is 9.15. The number of sulfonamides is 1. The quantitative estimate of drug-likeness (QED) is 0.550. The highest BCUT2D eigenvalue weighted by atomic mass is 32.2. The lowest BCUT2D eigenvalue weighted by molar-refractivity contribution is -0.275. The number of hydrogen-bond donors (Lipinski definition) is 1. The average Bonchev–Trinajstić information content (AvgIpc) is 3.04. The number of hydrogen-bond acceptors (Lipinski definition) is 6. The van der Waals surface area contributed by atoms with Gasteiger partial charge in [0.05, 0.1) is 5.52 Å². The first-order valence-electron chi connectivity index (χ1n) is 10.1. The topological polar surface area (TPSA) is 124 Å². The zero-order valence-electron chi connectivity index (χ0n) is 17.5. The van der Waals surface area contributed by atoms with E-state index < -0.39 is 51.3 Å². The monoisotopic (exact) mass is 500 g/mol. The van der Waals surface area contributed by atoms with Crippen LogP contribution < -0.4 is 10.4 Å². The number of rotatable bonds is 6. The smallest absolute Gasteiger partial charge is 0.480 e. The second-order valence-corrected chi connectivity index (χ2v) is 9.51. The molecule has 0 atom stereocenters. The van der Waals surface area contributed by atoms with E-state index in [0.29, 0.717) is 5.52 Å². The molecule has 0 radical (unpaired) electrons. The molecule has 1 aliphatic heterocycles. The van der Waals surface area contributed by atoms with Gasteiger partial charge in [-0.05, 0) is 37.1 Å². The number of ether oxygens (including phenoxy) is 1. The van der Waals surface area contributed by atoms with Gasteiger partial charge in [-0.15, -0.1) is 13.2 Å². The second-order valence-electron chi connectivity index (χ2n) is 7.61. The number of fused-ring (bicyclic) bond motifs is 1. The Bertz CT molecular complexity index is 1390. The molecule has 1 fully saturated rings. The van der Waals surface area contributed by atoms with Gasteiger partial charge in [-0.2, -0.15) is 4.31 Å². The molecule has 3 heterocycles. The van der Waals surface area contributed by atoms with Gasteiger partial charge in [0.1, 0.15) is 17.2 Å². The first-order chi connectivity index (χ1) is 16.0. The Morgan fingerprint density at radius 2 is 1.82 bits per heavy atom. The number of imidazole rings is 1. The Hall–Kier alpha value is -3.39. The number of halogens is 3. The van der Waals surface area contributed by atoms with E-state index in [9.17, 15) is 31.2 Å². The van der Waals surface area contributed by atoms with Crippen LogP contribution in [0.15, 0.2) is 52.3 Å². The van der Waals surface area contributed by atoms with E-state index in [1.54, 1.807) is 12.1 Å². The molecule has 1 saturated heterocycles. The minimum atomic E-state index is -5.06. The summed E-state index contributed by atoms with van der Waals surface area (Å²) in [6, 6.07) is 7.16. The van der Waals surface area contributed by atoms with Crippen molar-refractivity contribution in [2.45, 2.75) is 36.7 Å². The zero-order valence-corrected chi connectivity index (χ0v) is 18.3. The number of carbonyl (C=O) groups is 1. The maximum atomic E-state index is 13.1. The molecule has 1 aliphatic rings. The van der Waals surface area contributed by atoms with Crippen LogP contribution in [0.5, 0.6) is 5.75 Å². The molecule has 0 amide bonds. The van der Waals surface area contributed by atoms with Gasteiger partial charge >= 0.3 is 18.0 Å². The minimum Gasteiger partial charge on any atom is -0.480 e. The van der Waals surface area contributed by atoms with Crippen molar-refractivity contribution >= 4 is 27.2 Å². The summed E-state index contributed by atoms with van der Waals surface area (Å²) in [5.74, 6) is -2.03. The van der Waals surface area contributed by atoms with E-state index in [2.05, 4.69) is 9.72 Å². The molecule has 0 bridgehead atoms. The molecule has 4 rings (SSSR count). The van der Waals surface area contributed by atoms with E-state index >= 15 is 0 Å². The molecule has 0 unspecified atom stereocenters. The van der Waals surface area contributed by atoms with Crippen molar-refractivity contribution in [3.63, 3.8) is 0 Å². The summed E-state index contributed by atoms with van der Waals surface area (Å²) < 4.78 is 71.7. The molecular formula is C20H19F3N4O6S. The maximum absolute atomic E-state index is 13.1. The van der Waals surface area contributed by atoms with E-state index in [1.807, 2.05) is 0 Å². The Morgan fingerprint density at radius 1 is 1.15 bits per heavy atom. The molecular weight excluding hydrogens is 481 g/mol. The highest BCUT2D eigenvalue weighted by molar-refractivity contribution is 7.89. The highest BCUT2D eigenvalue weighted by Crippen LogP contribution is 2.34. The van der Waals surface area contributed by atoms with Gasteiger partial charge in [-0.3, -0.25) is 13.9 Å². The summed E-state index contributed by atoms with van der Waals surface area (Å²) in [6.07, 6.45) is -3.26. The van der Waals surface area contributed by atoms with Gasteiger partial charge in [0.25, 0.3) is 0 Å². The van der Waals surface area contributed by atoms with Crippen molar-refractivity contribution in [1.82, 2.24) is 18.4 Å². The van der Waals surface area contributed by atoms with Crippen LogP contribution >= 0.6 is 0 Å². The molecule has 0 aliphatic carbocycles. The standard InChI is InChI=1S/C20H19F3N4O6S/c21-20(22,23)33-15-5-1-2-6-16(15)34(31,32)25-10-7-13(8-11-25)27-18-14(4-3-9-24-18)26(19(27)30)12-17(28)29/h1-6,9,13H,7-8,10-12H2,(H,28,29). The van der Waals surface area contributed by atoms with E-state index in [-0.39, 0.29) is 31.6 Å². The van der Waals surface area contributed by atoms with Crippen LogP contribution in [0, 0.1) is 0 Å². The van der Waals surface area contributed by atoms with Crippen molar-refractivity contribution in [3.8, 4) is 5.75 Å². The lowest BCUT2D eigenvalue weighted by Gasteiger charge is -2.32. The molecule has 14 heteroatoms. The van der Waals surface area contributed by atoms with E-state index in [4.69, 9.17) is 5.11 Å². The van der Waals surface area contributed by atoms with Gasteiger partial charge in [-0.1, -0.05) is 12.1 Å². The maximum Gasteiger partial charge on any atom is 0.573 e. The largest absolute Gasteiger partial charge is 0.573 e. The molecule has 10 nitrogen and oxygen atoms in total. The normalized spacial score (nSPS) is 16.1. The summed E-state index contributed by atoms with van der Waals surface area (Å²) >= 11 is 0.